The highest BCUT2D eigenvalue weighted by molar-refractivity contribution is 6.03. The number of nitrogens with zero attached hydrogens (tertiary/aromatic N) is 2. The predicted octanol–water partition coefficient (Wildman–Crippen LogP) is 3.12. The number of amides is 1. The fraction of sp³-hybridized carbons (Fsp3) is 0.467. The lowest BCUT2D eigenvalue weighted by Gasteiger charge is -2.45. The molecule has 0 spiro atoms. The zero-order valence-corrected chi connectivity index (χ0v) is 11.9. The van der Waals surface area contributed by atoms with Gasteiger partial charge in [0.15, 0.2) is 0 Å². The molecule has 1 aliphatic heterocycles. The van der Waals surface area contributed by atoms with E-state index in [9.17, 15) is 9.18 Å². The summed E-state index contributed by atoms with van der Waals surface area (Å²) in [6.45, 7) is 5.88. The molecule has 5 heteroatoms. The van der Waals surface area contributed by atoms with Crippen molar-refractivity contribution in [3.05, 3.63) is 35.6 Å². The minimum absolute atomic E-state index is 0.0779. The van der Waals surface area contributed by atoms with Crippen LogP contribution in [0.15, 0.2) is 29.4 Å². The van der Waals surface area contributed by atoms with Crippen molar-refractivity contribution in [2.24, 2.45) is 5.16 Å². The number of hydrogen-bond donors (Lipinski definition) is 1. The van der Waals surface area contributed by atoms with Crippen molar-refractivity contribution < 1.29 is 14.4 Å². The normalized spacial score (nSPS) is 22.4. The van der Waals surface area contributed by atoms with Gasteiger partial charge in [-0.15, -0.1) is 0 Å². The molecule has 0 aromatic heterocycles. The van der Waals surface area contributed by atoms with Crippen LogP contribution in [0.25, 0.3) is 0 Å². The van der Waals surface area contributed by atoms with Crippen molar-refractivity contribution in [1.82, 2.24) is 4.90 Å². The average molecular weight is 278 g/mol. The van der Waals surface area contributed by atoms with Crippen molar-refractivity contribution >= 4 is 11.6 Å². The number of carbonyl (C=O) groups is 1. The molecule has 1 aromatic rings. The molecule has 1 N–H and O–H groups in total. The molecule has 0 aliphatic carbocycles. The monoisotopic (exact) mass is 278 g/mol. The summed E-state index contributed by atoms with van der Waals surface area (Å²) in [7, 11) is 0. The molecule has 1 aromatic carbocycles. The smallest absolute Gasteiger partial charge is 0.229 e. The Labute approximate surface area is 117 Å². The number of oxime groups is 1. The molecule has 1 unspecified atom stereocenters. The number of carbonyl (C=O) groups excluding carboxylic acids is 1. The summed E-state index contributed by atoms with van der Waals surface area (Å²) >= 11 is 0. The molecule has 0 saturated carbocycles. The van der Waals surface area contributed by atoms with Gasteiger partial charge in [-0.25, -0.2) is 4.39 Å². The van der Waals surface area contributed by atoms with Crippen molar-refractivity contribution in [2.75, 3.05) is 0 Å². The standard InChI is InChI=1S/C15H19FN2O2/c1-15(2,3)18-13(8-12(17-20)9-14(18)19)10-4-6-11(16)7-5-10/h4-7,13,20H,8-9H2,1-3H3/b17-12-. The fourth-order valence-corrected chi connectivity index (χ4v) is 2.69. The van der Waals surface area contributed by atoms with Gasteiger partial charge >= 0.3 is 0 Å². The lowest BCUT2D eigenvalue weighted by atomic mass is 9.89. The maximum absolute atomic E-state index is 13.1. The summed E-state index contributed by atoms with van der Waals surface area (Å²) in [6.07, 6.45) is 0.594. The zero-order chi connectivity index (χ0) is 14.9. The molecule has 1 aliphatic rings. The Morgan fingerprint density at radius 1 is 1.30 bits per heavy atom. The van der Waals surface area contributed by atoms with E-state index in [2.05, 4.69) is 5.16 Å². The minimum Gasteiger partial charge on any atom is -0.411 e. The second-order valence-corrected chi connectivity index (χ2v) is 6.05. The van der Waals surface area contributed by atoms with Crippen LogP contribution in [0.3, 0.4) is 0 Å². The molecule has 20 heavy (non-hydrogen) atoms. The Kier molecular flexibility index (Phi) is 3.79. The van der Waals surface area contributed by atoms with E-state index in [1.54, 1.807) is 17.0 Å². The van der Waals surface area contributed by atoms with E-state index in [0.29, 0.717) is 12.1 Å². The van der Waals surface area contributed by atoms with Crippen LogP contribution in [0.2, 0.25) is 0 Å². The van der Waals surface area contributed by atoms with E-state index >= 15 is 0 Å². The maximum Gasteiger partial charge on any atom is 0.229 e. The molecular formula is C15H19FN2O2. The lowest BCUT2D eigenvalue weighted by molar-refractivity contribution is -0.139. The number of likely N-dealkylation sites (tertiary alicyclic amines) is 1. The summed E-state index contributed by atoms with van der Waals surface area (Å²) in [5, 5.41) is 12.2. The SMILES string of the molecule is CC(C)(C)N1C(=O)C/C(=N\O)CC1c1ccc(F)cc1. The highest BCUT2D eigenvalue weighted by atomic mass is 19.1. The lowest BCUT2D eigenvalue weighted by Crippen LogP contribution is -2.51. The summed E-state index contributed by atoms with van der Waals surface area (Å²) in [4.78, 5) is 14.1. The summed E-state index contributed by atoms with van der Waals surface area (Å²) < 4.78 is 13.1. The molecule has 1 atom stereocenters. The maximum atomic E-state index is 13.1. The summed E-state index contributed by atoms with van der Waals surface area (Å²) in [5.74, 6) is -0.389. The Balaban J connectivity index is 2.43. The van der Waals surface area contributed by atoms with Crippen LogP contribution in [0.4, 0.5) is 4.39 Å². The van der Waals surface area contributed by atoms with Crippen LogP contribution in [-0.4, -0.2) is 27.3 Å². The number of benzene rings is 1. The van der Waals surface area contributed by atoms with E-state index in [0.717, 1.165) is 5.56 Å². The van der Waals surface area contributed by atoms with E-state index in [-0.39, 0.29) is 29.7 Å². The first kappa shape index (κ1) is 14.5. The number of halogens is 1. The molecule has 4 nitrogen and oxygen atoms in total. The Morgan fingerprint density at radius 3 is 2.40 bits per heavy atom. The molecule has 0 bridgehead atoms. The first-order valence-electron chi connectivity index (χ1n) is 6.60. The molecule has 108 valence electrons. The summed E-state index contributed by atoms with van der Waals surface area (Å²) in [5.41, 5.74) is 0.956. The van der Waals surface area contributed by atoms with Crippen LogP contribution < -0.4 is 0 Å². The zero-order valence-electron chi connectivity index (χ0n) is 11.9. The first-order valence-corrected chi connectivity index (χ1v) is 6.60. The van der Waals surface area contributed by atoms with Crippen LogP contribution in [0, 0.1) is 5.82 Å². The Bertz CT molecular complexity index is 532. The van der Waals surface area contributed by atoms with Crippen LogP contribution in [-0.2, 0) is 4.79 Å². The Hall–Kier alpha value is -1.91. The second kappa shape index (κ2) is 5.23. The van der Waals surface area contributed by atoms with Gasteiger partial charge in [0.05, 0.1) is 18.2 Å². The van der Waals surface area contributed by atoms with Gasteiger partial charge in [-0.3, -0.25) is 4.79 Å². The highest BCUT2D eigenvalue weighted by Gasteiger charge is 2.39. The van der Waals surface area contributed by atoms with Crippen molar-refractivity contribution in [1.29, 1.82) is 0 Å². The molecule has 1 amide bonds. The number of hydrogen-bond acceptors (Lipinski definition) is 3. The highest BCUT2D eigenvalue weighted by Crippen LogP contribution is 2.35. The van der Waals surface area contributed by atoms with Gasteiger partial charge in [0.1, 0.15) is 5.82 Å². The van der Waals surface area contributed by atoms with Gasteiger partial charge in [-0.2, -0.15) is 0 Å². The van der Waals surface area contributed by atoms with E-state index in [1.165, 1.54) is 12.1 Å². The topological polar surface area (TPSA) is 52.9 Å². The second-order valence-electron chi connectivity index (χ2n) is 6.05. The van der Waals surface area contributed by atoms with Crippen LogP contribution in [0.1, 0.15) is 45.2 Å². The van der Waals surface area contributed by atoms with Gasteiger partial charge < -0.3 is 10.1 Å². The number of piperidine rings is 1. The molecule has 1 fully saturated rings. The third-order valence-corrected chi connectivity index (χ3v) is 3.48. The van der Waals surface area contributed by atoms with Gasteiger partial charge in [0.25, 0.3) is 0 Å². The Morgan fingerprint density at radius 2 is 1.90 bits per heavy atom. The largest absolute Gasteiger partial charge is 0.411 e. The van der Waals surface area contributed by atoms with Gasteiger partial charge in [-0.05, 0) is 38.5 Å². The third-order valence-electron chi connectivity index (χ3n) is 3.48. The van der Waals surface area contributed by atoms with Crippen LogP contribution >= 0.6 is 0 Å². The van der Waals surface area contributed by atoms with E-state index in [1.807, 2.05) is 20.8 Å². The quantitative estimate of drug-likeness (QED) is 0.634. The average Bonchev–Trinajstić information content (AvgIpc) is 2.37. The van der Waals surface area contributed by atoms with Gasteiger partial charge in [0.2, 0.25) is 5.91 Å². The molecule has 0 radical (unpaired) electrons. The van der Waals surface area contributed by atoms with Gasteiger partial charge in [0, 0.05) is 12.0 Å². The molecule has 2 rings (SSSR count). The minimum atomic E-state index is -0.350. The third kappa shape index (κ3) is 2.81. The summed E-state index contributed by atoms with van der Waals surface area (Å²) in [6, 6.07) is 5.87. The molecular weight excluding hydrogens is 259 g/mol. The van der Waals surface area contributed by atoms with Crippen molar-refractivity contribution in [2.45, 2.75) is 45.2 Å². The predicted molar refractivity (Wildman–Crippen MR) is 74.2 cm³/mol. The number of rotatable bonds is 1. The van der Waals surface area contributed by atoms with Crippen LogP contribution in [0.5, 0.6) is 0 Å². The van der Waals surface area contributed by atoms with E-state index in [4.69, 9.17) is 5.21 Å². The van der Waals surface area contributed by atoms with E-state index < -0.39 is 0 Å². The first-order chi connectivity index (χ1) is 9.32. The molecule has 1 saturated heterocycles. The molecule has 1 heterocycles. The fourth-order valence-electron chi connectivity index (χ4n) is 2.69. The van der Waals surface area contributed by atoms with Crippen molar-refractivity contribution in [3.8, 4) is 0 Å². The van der Waals surface area contributed by atoms with Crippen molar-refractivity contribution in [3.63, 3.8) is 0 Å². The van der Waals surface area contributed by atoms with Gasteiger partial charge in [-0.1, -0.05) is 17.3 Å².